The fourth-order valence-corrected chi connectivity index (χ4v) is 4.20. The van der Waals surface area contributed by atoms with E-state index in [-0.39, 0.29) is 11.7 Å². The van der Waals surface area contributed by atoms with Gasteiger partial charge in [0, 0.05) is 31.0 Å². The molecular weight excluding hydrogens is 321 g/mol. The second-order valence-electron chi connectivity index (χ2n) is 7.48. The highest BCUT2D eigenvalue weighted by molar-refractivity contribution is 5.98. The number of aliphatic hydroxyl groups is 1. The second-order valence-corrected chi connectivity index (χ2v) is 7.48. The first kappa shape index (κ1) is 16.5. The molecule has 1 N–H and O–H groups in total. The summed E-state index contributed by atoms with van der Waals surface area (Å²) >= 11 is 0. The summed E-state index contributed by atoms with van der Waals surface area (Å²) in [7, 11) is 1.82. The average molecular weight is 345 g/mol. The van der Waals surface area contributed by atoms with E-state index in [0.29, 0.717) is 31.7 Å². The molecule has 0 radical (unpaired) electrons. The molecule has 2 fully saturated rings. The summed E-state index contributed by atoms with van der Waals surface area (Å²) in [6, 6.07) is 6.27. The Hall–Kier alpha value is -1.92. The number of nitrogens with zero attached hydrogens (tertiary/aromatic N) is 3. The first-order valence-electron chi connectivity index (χ1n) is 8.94. The number of β-amino-alcohol motifs (C(OH)–C–C–N with tert-alkyl or cyclic N) is 1. The lowest BCUT2D eigenvalue weighted by atomic mass is 10.0. The van der Waals surface area contributed by atoms with Crippen LogP contribution in [0, 0.1) is 5.82 Å². The number of benzene rings is 1. The third-order valence-corrected chi connectivity index (χ3v) is 5.56. The average Bonchev–Trinajstić information content (AvgIpc) is 3.28. The van der Waals surface area contributed by atoms with Crippen LogP contribution in [0.25, 0.3) is 10.9 Å². The van der Waals surface area contributed by atoms with Gasteiger partial charge >= 0.3 is 0 Å². The summed E-state index contributed by atoms with van der Waals surface area (Å²) in [6.45, 7) is 3.62. The number of aromatic nitrogens is 1. The smallest absolute Gasteiger partial charge is 0.270 e. The van der Waals surface area contributed by atoms with E-state index < -0.39 is 5.60 Å². The molecule has 1 amide bonds. The summed E-state index contributed by atoms with van der Waals surface area (Å²) in [5.74, 6) is -0.408. The number of amides is 1. The number of aryl methyl sites for hydroxylation is 1. The van der Waals surface area contributed by atoms with Crippen molar-refractivity contribution >= 4 is 16.8 Å². The van der Waals surface area contributed by atoms with Gasteiger partial charge in [-0.25, -0.2) is 4.39 Å². The molecule has 2 aliphatic heterocycles. The number of rotatable bonds is 3. The number of likely N-dealkylation sites (tertiary alicyclic amines) is 2. The molecule has 0 spiro atoms. The molecule has 5 nitrogen and oxygen atoms in total. The predicted molar refractivity (Wildman–Crippen MR) is 94.0 cm³/mol. The Morgan fingerprint density at radius 2 is 2.00 bits per heavy atom. The third kappa shape index (κ3) is 3.04. The Bertz CT molecular complexity index is 812. The predicted octanol–water partition coefficient (Wildman–Crippen LogP) is 1.99. The highest BCUT2D eigenvalue weighted by Crippen LogP contribution is 2.27. The zero-order chi connectivity index (χ0) is 17.6. The van der Waals surface area contributed by atoms with Crippen molar-refractivity contribution in [2.45, 2.75) is 24.9 Å². The normalized spacial score (nSPS) is 24.5. The fraction of sp³-hybridized carbons (Fsp3) is 0.526. The van der Waals surface area contributed by atoms with Crippen LogP contribution in [0.15, 0.2) is 24.3 Å². The van der Waals surface area contributed by atoms with E-state index in [1.165, 1.54) is 25.0 Å². The summed E-state index contributed by atoms with van der Waals surface area (Å²) in [6.07, 6.45) is 2.98. The van der Waals surface area contributed by atoms with Crippen LogP contribution in [-0.4, -0.2) is 63.7 Å². The van der Waals surface area contributed by atoms with Gasteiger partial charge < -0.3 is 19.5 Å². The number of hydrogen-bond donors (Lipinski definition) is 1. The quantitative estimate of drug-likeness (QED) is 0.926. The topological polar surface area (TPSA) is 48.7 Å². The molecule has 2 aliphatic rings. The number of carbonyl (C=O) groups is 1. The van der Waals surface area contributed by atoms with E-state index in [1.54, 1.807) is 21.6 Å². The second kappa shape index (κ2) is 6.11. The fourth-order valence-electron chi connectivity index (χ4n) is 4.20. The van der Waals surface area contributed by atoms with Crippen LogP contribution in [0.3, 0.4) is 0 Å². The molecule has 25 heavy (non-hydrogen) atoms. The summed E-state index contributed by atoms with van der Waals surface area (Å²) in [5.41, 5.74) is 0.541. The number of carbonyl (C=O) groups excluding carboxylic acids is 1. The van der Waals surface area contributed by atoms with E-state index in [0.717, 1.165) is 24.0 Å². The van der Waals surface area contributed by atoms with Crippen LogP contribution in [0.5, 0.6) is 0 Å². The molecule has 134 valence electrons. The van der Waals surface area contributed by atoms with Crippen molar-refractivity contribution in [2.24, 2.45) is 7.05 Å². The van der Waals surface area contributed by atoms with Gasteiger partial charge in [0.05, 0.1) is 12.1 Å². The molecule has 0 aliphatic carbocycles. The van der Waals surface area contributed by atoms with Gasteiger partial charge in [0.15, 0.2) is 0 Å². The Morgan fingerprint density at radius 3 is 2.76 bits per heavy atom. The van der Waals surface area contributed by atoms with E-state index in [1.807, 2.05) is 7.05 Å². The minimum absolute atomic E-state index is 0.101. The van der Waals surface area contributed by atoms with Gasteiger partial charge in [-0.2, -0.15) is 0 Å². The summed E-state index contributed by atoms with van der Waals surface area (Å²) in [4.78, 5) is 16.9. The van der Waals surface area contributed by atoms with Gasteiger partial charge in [0.1, 0.15) is 11.5 Å². The summed E-state index contributed by atoms with van der Waals surface area (Å²) in [5, 5.41) is 11.6. The van der Waals surface area contributed by atoms with Crippen molar-refractivity contribution < 1.29 is 14.3 Å². The van der Waals surface area contributed by atoms with Crippen LogP contribution in [0.4, 0.5) is 4.39 Å². The Balaban J connectivity index is 1.52. The van der Waals surface area contributed by atoms with E-state index in [4.69, 9.17) is 0 Å². The molecule has 1 atom stereocenters. The maximum atomic E-state index is 13.4. The molecule has 2 saturated heterocycles. The van der Waals surface area contributed by atoms with Gasteiger partial charge in [-0.15, -0.1) is 0 Å². The Kier molecular flexibility index (Phi) is 4.04. The van der Waals surface area contributed by atoms with Gasteiger partial charge in [-0.05, 0) is 56.6 Å². The van der Waals surface area contributed by atoms with E-state index in [9.17, 15) is 14.3 Å². The molecule has 6 heteroatoms. The largest absolute Gasteiger partial charge is 0.387 e. The monoisotopic (exact) mass is 345 g/mol. The van der Waals surface area contributed by atoms with Crippen molar-refractivity contribution in [3.8, 4) is 0 Å². The van der Waals surface area contributed by atoms with Crippen LogP contribution in [0.2, 0.25) is 0 Å². The summed E-state index contributed by atoms with van der Waals surface area (Å²) < 4.78 is 15.2. The highest BCUT2D eigenvalue weighted by atomic mass is 19.1. The maximum Gasteiger partial charge on any atom is 0.270 e. The zero-order valence-electron chi connectivity index (χ0n) is 14.5. The molecule has 3 heterocycles. The number of hydrogen-bond acceptors (Lipinski definition) is 3. The van der Waals surface area contributed by atoms with Gasteiger partial charge in [0.2, 0.25) is 0 Å². The lowest BCUT2D eigenvalue weighted by Crippen LogP contribution is -2.45. The first-order valence-corrected chi connectivity index (χ1v) is 8.94. The van der Waals surface area contributed by atoms with Crippen molar-refractivity contribution in [3.05, 3.63) is 35.8 Å². The van der Waals surface area contributed by atoms with Crippen LogP contribution >= 0.6 is 0 Å². The third-order valence-electron chi connectivity index (χ3n) is 5.56. The van der Waals surface area contributed by atoms with Gasteiger partial charge in [-0.3, -0.25) is 4.79 Å². The van der Waals surface area contributed by atoms with Crippen molar-refractivity contribution in [1.29, 1.82) is 0 Å². The maximum absolute atomic E-state index is 13.4. The van der Waals surface area contributed by atoms with Crippen molar-refractivity contribution in [3.63, 3.8) is 0 Å². The molecule has 0 unspecified atom stereocenters. The SMILES string of the molecule is Cn1c(C(=O)N2CC[C@@](O)(CN3CCCC3)C2)cc2cc(F)ccc21. The minimum Gasteiger partial charge on any atom is -0.387 e. The van der Waals surface area contributed by atoms with Crippen molar-refractivity contribution in [2.75, 3.05) is 32.7 Å². The van der Waals surface area contributed by atoms with E-state index >= 15 is 0 Å². The standard InChI is InChI=1S/C19H24FN3O2/c1-21-16-5-4-15(20)10-14(16)11-17(21)18(24)23-9-6-19(25,13-23)12-22-7-2-3-8-22/h4-5,10-11,25H,2-3,6-9,12-13H2,1H3/t19-/m1/s1. The Labute approximate surface area is 146 Å². The van der Waals surface area contributed by atoms with Gasteiger partial charge in [0.25, 0.3) is 5.91 Å². The minimum atomic E-state index is -0.823. The molecule has 1 aromatic carbocycles. The van der Waals surface area contributed by atoms with Crippen LogP contribution in [-0.2, 0) is 7.05 Å². The first-order chi connectivity index (χ1) is 12.0. The van der Waals surface area contributed by atoms with Crippen molar-refractivity contribution in [1.82, 2.24) is 14.4 Å². The van der Waals surface area contributed by atoms with Crippen LogP contribution < -0.4 is 0 Å². The lowest BCUT2D eigenvalue weighted by molar-refractivity contribution is 0.0174. The highest BCUT2D eigenvalue weighted by Gasteiger charge is 2.40. The Morgan fingerprint density at radius 1 is 1.24 bits per heavy atom. The molecule has 2 aromatic rings. The molecular formula is C19H24FN3O2. The zero-order valence-corrected chi connectivity index (χ0v) is 14.5. The molecule has 1 aromatic heterocycles. The van der Waals surface area contributed by atoms with Crippen LogP contribution in [0.1, 0.15) is 29.8 Å². The van der Waals surface area contributed by atoms with Gasteiger partial charge in [-0.1, -0.05) is 0 Å². The lowest BCUT2D eigenvalue weighted by Gasteiger charge is -2.28. The molecule has 4 rings (SSSR count). The number of halogens is 1. The molecule has 0 saturated carbocycles. The molecule has 0 bridgehead atoms. The van der Waals surface area contributed by atoms with E-state index in [2.05, 4.69) is 4.90 Å². The number of fused-ring (bicyclic) bond motifs is 1.